The fourth-order valence-corrected chi connectivity index (χ4v) is 4.23. The summed E-state index contributed by atoms with van der Waals surface area (Å²) >= 11 is 0. The lowest BCUT2D eigenvalue weighted by molar-refractivity contribution is 0.340. The molecule has 164 valence electrons. The predicted molar refractivity (Wildman–Crippen MR) is 133 cm³/mol. The predicted octanol–water partition coefficient (Wildman–Crippen LogP) is 6.75. The van der Waals surface area contributed by atoms with Crippen LogP contribution in [-0.4, -0.2) is 23.3 Å². The van der Waals surface area contributed by atoms with E-state index in [9.17, 15) is 0 Å². The maximum atomic E-state index is 5.60. The fourth-order valence-electron chi connectivity index (χ4n) is 4.23. The second kappa shape index (κ2) is 10.3. The van der Waals surface area contributed by atoms with Gasteiger partial charge in [-0.05, 0) is 68.9 Å². The van der Waals surface area contributed by atoms with Gasteiger partial charge in [0.25, 0.3) is 0 Å². The Hall–Kier alpha value is -3.40. The molecule has 0 bridgehead atoms. The van der Waals surface area contributed by atoms with Gasteiger partial charge in [-0.25, -0.2) is 0 Å². The number of aromatic nitrogens is 2. The zero-order chi connectivity index (χ0) is 22.3. The third kappa shape index (κ3) is 4.91. The Morgan fingerprint density at radius 1 is 0.812 bits per heavy atom. The number of hydrogen-bond donors (Lipinski definition) is 1. The summed E-state index contributed by atoms with van der Waals surface area (Å²) in [6.07, 6.45) is 3.21. The average molecular weight is 426 g/mol. The van der Waals surface area contributed by atoms with Gasteiger partial charge < -0.3 is 10.1 Å². The van der Waals surface area contributed by atoms with Gasteiger partial charge in [-0.1, -0.05) is 54.6 Å². The van der Waals surface area contributed by atoms with E-state index < -0.39 is 0 Å². The van der Waals surface area contributed by atoms with Crippen LogP contribution in [0.25, 0.3) is 22.0 Å². The van der Waals surface area contributed by atoms with Crippen LogP contribution in [0.3, 0.4) is 0 Å². The van der Waals surface area contributed by atoms with E-state index >= 15 is 0 Å². The molecule has 0 aliphatic rings. The first kappa shape index (κ1) is 21.8. The molecular weight excluding hydrogens is 394 g/mol. The van der Waals surface area contributed by atoms with Gasteiger partial charge in [0.15, 0.2) is 5.82 Å². The van der Waals surface area contributed by atoms with Crippen LogP contribution in [0.4, 0.5) is 5.82 Å². The van der Waals surface area contributed by atoms with Crippen LogP contribution in [0.5, 0.6) is 5.75 Å². The topological polar surface area (TPSA) is 47.0 Å². The zero-order valence-electron chi connectivity index (χ0n) is 19.2. The summed E-state index contributed by atoms with van der Waals surface area (Å²) in [6, 6.07) is 23.2. The zero-order valence-corrected chi connectivity index (χ0v) is 19.2. The van der Waals surface area contributed by atoms with Gasteiger partial charge in [0, 0.05) is 22.9 Å². The SMILES string of the molecule is CCOc1cccc(CCCCNc2nnc(-c3c(C)cccc3C)c3ccccc23)c1. The molecule has 1 N–H and O–H groups in total. The van der Waals surface area contributed by atoms with Crippen molar-refractivity contribution in [2.75, 3.05) is 18.5 Å². The lowest BCUT2D eigenvalue weighted by atomic mass is 9.96. The van der Waals surface area contributed by atoms with Crippen molar-refractivity contribution >= 4 is 16.6 Å². The highest BCUT2D eigenvalue weighted by molar-refractivity contribution is 6.00. The molecule has 0 radical (unpaired) electrons. The van der Waals surface area contributed by atoms with Crippen molar-refractivity contribution < 1.29 is 4.74 Å². The van der Waals surface area contributed by atoms with Crippen LogP contribution >= 0.6 is 0 Å². The van der Waals surface area contributed by atoms with Gasteiger partial charge >= 0.3 is 0 Å². The third-order valence-electron chi connectivity index (χ3n) is 5.80. The summed E-state index contributed by atoms with van der Waals surface area (Å²) in [5, 5.41) is 15.0. The highest BCUT2D eigenvalue weighted by Crippen LogP contribution is 2.33. The van der Waals surface area contributed by atoms with Gasteiger partial charge in [0.2, 0.25) is 0 Å². The average Bonchev–Trinajstić information content (AvgIpc) is 2.80. The minimum Gasteiger partial charge on any atom is -0.494 e. The molecule has 0 aliphatic carbocycles. The molecule has 0 fully saturated rings. The molecule has 0 saturated carbocycles. The fraction of sp³-hybridized carbons (Fsp3) is 0.286. The molecule has 1 heterocycles. The van der Waals surface area contributed by atoms with Crippen molar-refractivity contribution in [3.63, 3.8) is 0 Å². The molecule has 0 amide bonds. The lowest BCUT2D eigenvalue weighted by Gasteiger charge is -2.14. The summed E-state index contributed by atoms with van der Waals surface area (Å²) in [4.78, 5) is 0. The van der Waals surface area contributed by atoms with Crippen molar-refractivity contribution in [3.8, 4) is 17.0 Å². The van der Waals surface area contributed by atoms with E-state index in [1.165, 1.54) is 22.3 Å². The number of unbranched alkanes of at least 4 members (excludes halogenated alkanes) is 1. The molecular formula is C28H31N3O. The first-order chi connectivity index (χ1) is 15.7. The number of nitrogens with one attached hydrogen (secondary N) is 1. The Balaban J connectivity index is 1.44. The maximum Gasteiger partial charge on any atom is 0.156 e. The number of anilines is 1. The van der Waals surface area contributed by atoms with Gasteiger partial charge in [0.05, 0.1) is 6.61 Å². The Bertz CT molecular complexity index is 1180. The Morgan fingerprint density at radius 2 is 1.56 bits per heavy atom. The van der Waals surface area contributed by atoms with Crippen molar-refractivity contribution in [1.82, 2.24) is 10.2 Å². The van der Waals surface area contributed by atoms with Crippen LogP contribution in [0.1, 0.15) is 36.5 Å². The monoisotopic (exact) mass is 425 g/mol. The van der Waals surface area contributed by atoms with Crippen LogP contribution in [-0.2, 0) is 6.42 Å². The van der Waals surface area contributed by atoms with Crippen molar-refractivity contribution in [2.24, 2.45) is 0 Å². The molecule has 4 rings (SSSR count). The number of aryl methyl sites for hydroxylation is 3. The van der Waals surface area contributed by atoms with Gasteiger partial charge in [-0.15, -0.1) is 10.2 Å². The van der Waals surface area contributed by atoms with E-state index in [-0.39, 0.29) is 0 Å². The molecule has 0 saturated heterocycles. The Kier molecular flexibility index (Phi) is 7.00. The largest absolute Gasteiger partial charge is 0.494 e. The molecule has 32 heavy (non-hydrogen) atoms. The van der Waals surface area contributed by atoms with Crippen LogP contribution in [0.2, 0.25) is 0 Å². The first-order valence-corrected chi connectivity index (χ1v) is 11.4. The lowest BCUT2D eigenvalue weighted by Crippen LogP contribution is -2.06. The number of nitrogens with zero attached hydrogens (tertiary/aromatic N) is 2. The molecule has 4 heteroatoms. The smallest absolute Gasteiger partial charge is 0.156 e. The van der Waals surface area contributed by atoms with Crippen molar-refractivity contribution in [3.05, 3.63) is 83.4 Å². The van der Waals surface area contributed by atoms with E-state index in [1.807, 2.05) is 13.0 Å². The van der Waals surface area contributed by atoms with Crippen LogP contribution < -0.4 is 10.1 Å². The van der Waals surface area contributed by atoms with E-state index in [4.69, 9.17) is 4.74 Å². The molecule has 0 aliphatic heterocycles. The third-order valence-corrected chi connectivity index (χ3v) is 5.80. The quantitative estimate of drug-likeness (QED) is 0.301. The number of rotatable bonds is 9. The molecule has 1 aromatic heterocycles. The maximum absolute atomic E-state index is 5.60. The van der Waals surface area contributed by atoms with Gasteiger partial charge in [-0.3, -0.25) is 0 Å². The summed E-state index contributed by atoms with van der Waals surface area (Å²) in [5.74, 6) is 1.81. The van der Waals surface area contributed by atoms with E-state index in [0.717, 1.165) is 53.8 Å². The van der Waals surface area contributed by atoms with Crippen molar-refractivity contribution in [2.45, 2.75) is 40.0 Å². The summed E-state index contributed by atoms with van der Waals surface area (Å²) < 4.78 is 5.60. The molecule has 0 atom stereocenters. The number of benzene rings is 3. The van der Waals surface area contributed by atoms with Crippen LogP contribution in [0.15, 0.2) is 66.7 Å². The number of ether oxygens (including phenoxy) is 1. The summed E-state index contributed by atoms with van der Waals surface area (Å²) in [5.41, 5.74) is 5.89. The summed E-state index contributed by atoms with van der Waals surface area (Å²) in [7, 11) is 0. The first-order valence-electron chi connectivity index (χ1n) is 11.4. The molecule has 0 unspecified atom stereocenters. The standard InChI is InChI=1S/C28H31N3O/c1-4-32-23-15-10-14-22(19-23)13-7-8-18-29-28-25-17-6-5-16-24(25)27(30-31-28)26-20(2)11-9-12-21(26)3/h5-6,9-12,14-17,19H,4,7-8,13,18H2,1-3H3,(H,29,31). The molecule has 0 spiro atoms. The van der Waals surface area contributed by atoms with Crippen LogP contribution in [0, 0.1) is 13.8 Å². The Morgan fingerprint density at radius 3 is 2.34 bits per heavy atom. The number of fused-ring (bicyclic) bond motifs is 1. The second-order valence-corrected chi connectivity index (χ2v) is 8.17. The molecule has 4 nitrogen and oxygen atoms in total. The number of hydrogen-bond acceptors (Lipinski definition) is 4. The van der Waals surface area contributed by atoms with E-state index in [0.29, 0.717) is 6.61 Å². The Labute approximate surface area is 190 Å². The van der Waals surface area contributed by atoms with Gasteiger partial charge in [0.1, 0.15) is 11.4 Å². The summed E-state index contributed by atoms with van der Waals surface area (Å²) in [6.45, 7) is 7.85. The van der Waals surface area contributed by atoms with Gasteiger partial charge in [-0.2, -0.15) is 0 Å². The highest BCUT2D eigenvalue weighted by Gasteiger charge is 2.14. The molecule has 4 aromatic rings. The highest BCUT2D eigenvalue weighted by atomic mass is 16.5. The second-order valence-electron chi connectivity index (χ2n) is 8.17. The van der Waals surface area contributed by atoms with E-state index in [1.54, 1.807) is 0 Å². The van der Waals surface area contributed by atoms with Crippen molar-refractivity contribution in [1.29, 1.82) is 0 Å². The minimum absolute atomic E-state index is 0.699. The normalized spacial score (nSPS) is 11.0. The van der Waals surface area contributed by atoms with E-state index in [2.05, 4.69) is 90.0 Å². The minimum atomic E-state index is 0.699. The molecule has 3 aromatic carbocycles.